The van der Waals surface area contributed by atoms with E-state index in [2.05, 4.69) is 0 Å². The van der Waals surface area contributed by atoms with Crippen LogP contribution in [0.1, 0.15) is 0 Å². The van der Waals surface area contributed by atoms with Crippen molar-refractivity contribution in [2.75, 3.05) is 0 Å². The number of primary sulfonamides is 1. The molecule has 152 valence electrons. The van der Waals surface area contributed by atoms with Gasteiger partial charge >= 0.3 is 0 Å². The maximum absolute atomic E-state index is 13.7. The second kappa shape index (κ2) is 7.52. The number of sulfonamides is 1. The summed E-state index contributed by atoms with van der Waals surface area (Å²) >= 11 is 12.1. The van der Waals surface area contributed by atoms with E-state index in [9.17, 15) is 17.6 Å². The van der Waals surface area contributed by atoms with Crippen molar-refractivity contribution in [1.29, 1.82) is 0 Å². The van der Waals surface area contributed by atoms with Crippen molar-refractivity contribution in [2.24, 2.45) is 5.14 Å². The molecule has 0 saturated heterocycles. The Hall–Kier alpha value is -2.71. The Balaban J connectivity index is 2.06. The van der Waals surface area contributed by atoms with Crippen LogP contribution in [0, 0.1) is 5.82 Å². The second-order valence-electron chi connectivity index (χ2n) is 6.47. The van der Waals surface area contributed by atoms with Crippen LogP contribution in [0.4, 0.5) is 4.39 Å². The number of nitrogens with two attached hydrogens (primary N) is 1. The van der Waals surface area contributed by atoms with Crippen LogP contribution in [-0.4, -0.2) is 8.42 Å². The molecule has 4 rings (SSSR count). The number of hydrogen-bond donors (Lipinski definition) is 1. The summed E-state index contributed by atoms with van der Waals surface area (Å²) in [6.07, 6.45) is 0. The van der Waals surface area contributed by atoms with Crippen molar-refractivity contribution in [3.8, 4) is 22.5 Å². The quantitative estimate of drug-likeness (QED) is 0.450. The third kappa shape index (κ3) is 3.73. The molecule has 5 nitrogen and oxygen atoms in total. The minimum atomic E-state index is -3.90. The first kappa shape index (κ1) is 20.6. The number of benzene rings is 3. The van der Waals surface area contributed by atoms with Crippen LogP contribution < -0.4 is 10.6 Å². The maximum atomic E-state index is 13.7. The van der Waals surface area contributed by atoms with E-state index in [1.807, 2.05) is 0 Å². The normalized spacial score (nSPS) is 11.7. The zero-order chi connectivity index (χ0) is 21.6. The van der Waals surface area contributed by atoms with E-state index in [4.69, 9.17) is 32.8 Å². The molecule has 3 aromatic carbocycles. The molecule has 0 amide bonds. The van der Waals surface area contributed by atoms with Gasteiger partial charge in [0.2, 0.25) is 15.5 Å². The molecule has 30 heavy (non-hydrogen) atoms. The number of rotatable bonds is 3. The van der Waals surface area contributed by atoms with Gasteiger partial charge in [-0.25, -0.2) is 17.9 Å². The first-order valence-corrected chi connectivity index (χ1v) is 10.8. The zero-order valence-electron chi connectivity index (χ0n) is 15.0. The van der Waals surface area contributed by atoms with Gasteiger partial charge in [0.25, 0.3) is 0 Å². The van der Waals surface area contributed by atoms with Gasteiger partial charge in [-0.3, -0.25) is 4.79 Å². The Kier molecular flexibility index (Phi) is 5.15. The maximum Gasteiger partial charge on any atom is 0.238 e. The Labute approximate surface area is 180 Å². The number of halogens is 3. The van der Waals surface area contributed by atoms with Crippen LogP contribution in [0.5, 0.6) is 0 Å². The lowest BCUT2D eigenvalue weighted by Gasteiger charge is -2.12. The average Bonchev–Trinajstić information content (AvgIpc) is 2.69. The summed E-state index contributed by atoms with van der Waals surface area (Å²) in [6.45, 7) is 0. The minimum absolute atomic E-state index is 0.0503. The van der Waals surface area contributed by atoms with Crippen LogP contribution in [0.2, 0.25) is 10.0 Å². The van der Waals surface area contributed by atoms with E-state index in [-0.39, 0.29) is 32.2 Å². The van der Waals surface area contributed by atoms with Crippen LogP contribution in [-0.2, 0) is 10.0 Å². The molecule has 0 spiro atoms. The van der Waals surface area contributed by atoms with Gasteiger partial charge in [-0.15, -0.1) is 0 Å². The van der Waals surface area contributed by atoms with E-state index >= 15 is 0 Å². The Morgan fingerprint density at radius 3 is 2.17 bits per heavy atom. The van der Waals surface area contributed by atoms with Crippen LogP contribution in [0.25, 0.3) is 33.4 Å². The number of hydrogen-bond acceptors (Lipinski definition) is 4. The van der Waals surface area contributed by atoms with Gasteiger partial charge < -0.3 is 4.42 Å². The van der Waals surface area contributed by atoms with Crippen LogP contribution >= 0.6 is 23.2 Å². The average molecular weight is 464 g/mol. The van der Waals surface area contributed by atoms with Crippen molar-refractivity contribution in [2.45, 2.75) is 4.90 Å². The molecule has 0 fully saturated rings. The Morgan fingerprint density at radius 2 is 1.53 bits per heavy atom. The third-order valence-corrected chi connectivity index (χ3v) is 6.18. The number of fused-ring (bicyclic) bond motifs is 1. The predicted molar refractivity (Wildman–Crippen MR) is 115 cm³/mol. The van der Waals surface area contributed by atoms with E-state index in [0.717, 1.165) is 6.07 Å². The highest BCUT2D eigenvalue weighted by Gasteiger charge is 2.20. The van der Waals surface area contributed by atoms with E-state index in [1.54, 1.807) is 12.1 Å². The monoisotopic (exact) mass is 463 g/mol. The highest BCUT2D eigenvalue weighted by molar-refractivity contribution is 7.89. The molecule has 2 N–H and O–H groups in total. The van der Waals surface area contributed by atoms with Crippen molar-refractivity contribution >= 4 is 44.2 Å². The fourth-order valence-electron chi connectivity index (χ4n) is 3.08. The Bertz CT molecular complexity index is 1470. The largest absolute Gasteiger partial charge is 0.455 e. The van der Waals surface area contributed by atoms with Gasteiger partial charge in [-0.1, -0.05) is 29.3 Å². The molecule has 0 aliphatic heterocycles. The highest BCUT2D eigenvalue weighted by Crippen LogP contribution is 2.35. The topological polar surface area (TPSA) is 90.4 Å². The fraction of sp³-hybridized carbons (Fsp3) is 0. The van der Waals surface area contributed by atoms with E-state index in [0.29, 0.717) is 16.1 Å². The molecule has 9 heteroatoms. The predicted octanol–water partition coefficient (Wildman–Crippen LogP) is 5.22. The third-order valence-electron chi connectivity index (χ3n) is 4.51. The molecule has 1 aromatic heterocycles. The molecule has 0 saturated carbocycles. The molecule has 4 aromatic rings. The lowest BCUT2D eigenvalue weighted by molar-refractivity contribution is 0.596. The van der Waals surface area contributed by atoms with E-state index < -0.39 is 21.3 Å². The summed E-state index contributed by atoms with van der Waals surface area (Å²) in [6, 6.07) is 13.8. The molecular formula is C21H12Cl2FNO4S. The molecule has 0 atom stereocenters. The summed E-state index contributed by atoms with van der Waals surface area (Å²) in [4.78, 5) is 13.2. The first-order chi connectivity index (χ1) is 14.1. The smallest absolute Gasteiger partial charge is 0.238 e. The van der Waals surface area contributed by atoms with Crippen molar-refractivity contribution in [1.82, 2.24) is 0 Å². The van der Waals surface area contributed by atoms with Crippen LogP contribution in [0.15, 0.2) is 74.8 Å². The minimum Gasteiger partial charge on any atom is -0.455 e. The second-order valence-corrected chi connectivity index (χ2v) is 8.85. The first-order valence-electron chi connectivity index (χ1n) is 8.50. The van der Waals surface area contributed by atoms with Gasteiger partial charge in [-0.2, -0.15) is 0 Å². The van der Waals surface area contributed by atoms with Crippen LogP contribution in [0.3, 0.4) is 0 Å². The SMILES string of the molecule is NS(=O)(=O)c1ccc(-c2oc3cc(F)ccc3c(=O)c2-c2ccc(Cl)c(Cl)c2)cc1. The summed E-state index contributed by atoms with van der Waals surface area (Å²) < 4.78 is 42.7. The molecule has 0 unspecified atom stereocenters. The molecule has 0 aliphatic carbocycles. The summed E-state index contributed by atoms with van der Waals surface area (Å²) in [5.74, 6) is -0.444. The van der Waals surface area contributed by atoms with Gasteiger partial charge in [0.15, 0.2) is 0 Å². The summed E-state index contributed by atoms with van der Waals surface area (Å²) in [5, 5.41) is 5.88. The van der Waals surface area contributed by atoms with Crippen molar-refractivity contribution in [3.05, 3.63) is 86.7 Å². The standard InChI is InChI=1S/C21H12Cl2FNO4S/c22-16-8-3-12(9-17(16)23)19-20(26)15-7-4-13(24)10-18(15)29-21(19)11-1-5-14(6-2-11)30(25,27)28/h1-10H,(H2,25,27,28). The molecular weight excluding hydrogens is 452 g/mol. The van der Waals surface area contributed by atoms with Crippen molar-refractivity contribution < 1.29 is 17.2 Å². The van der Waals surface area contributed by atoms with Gasteiger partial charge in [0.1, 0.15) is 17.2 Å². The Morgan fingerprint density at radius 1 is 0.867 bits per heavy atom. The molecule has 0 bridgehead atoms. The van der Waals surface area contributed by atoms with Gasteiger partial charge in [0.05, 0.1) is 25.9 Å². The molecule has 0 radical (unpaired) electrons. The lowest BCUT2D eigenvalue weighted by Crippen LogP contribution is -2.12. The lowest BCUT2D eigenvalue weighted by atomic mass is 9.98. The van der Waals surface area contributed by atoms with Gasteiger partial charge in [-0.05, 0) is 54.1 Å². The van der Waals surface area contributed by atoms with Gasteiger partial charge in [0, 0.05) is 11.6 Å². The zero-order valence-corrected chi connectivity index (χ0v) is 17.4. The molecule has 1 heterocycles. The highest BCUT2D eigenvalue weighted by atomic mass is 35.5. The van der Waals surface area contributed by atoms with E-state index in [1.165, 1.54) is 42.5 Å². The fourth-order valence-corrected chi connectivity index (χ4v) is 3.89. The van der Waals surface area contributed by atoms with Crippen molar-refractivity contribution in [3.63, 3.8) is 0 Å². The summed E-state index contributed by atoms with van der Waals surface area (Å²) in [7, 11) is -3.90. The summed E-state index contributed by atoms with van der Waals surface area (Å²) in [5.41, 5.74) is 0.659. The molecule has 0 aliphatic rings.